The molecule has 0 aliphatic heterocycles. The smallest absolute Gasteiger partial charge is 0.325 e. The SMILES string of the molecule is CCn1c(SCC(=O)Nc2ccc(C(F)(F)F)cc2)nc2sc(C)c(C)c2c1=O. The summed E-state index contributed by atoms with van der Waals surface area (Å²) < 4.78 is 39.3. The summed E-state index contributed by atoms with van der Waals surface area (Å²) in [4.78, 5) is 31.2. The van der Waals surface area contributed by atoms with Crippen LogP contribution in [-0.2, 0) is 17.5 Å². The molecule has 154 valence electrons. The number of aryl methyl sites for hydroxylation is 2. The fourth-order valence-electron chi connectivity index (χ4n) is 2.77. The maximum Gasteiger partial charge on any atom is 0.416 e. The summed E-state index contributed by atoms with van der Waals surface area (Å²) in [6, 6.07) is 4.23. The molecule has 0 unspecified atom stereocenters. The molecule has 1 amide bonds. The molecule has 5 nitrogen and oxygen atoms in total. The van der Waals surface area contributed by atoms with Gasteiger partial charge in [0.05, 0.1) is 16.7 Å². The minimum Gasteiger partial charge on any atom is -0.325 e. The third-order valence-corrected chi connectivity index (χ3v) is 6.48. The van der Waals surface area contributed by atoms with Gasteiger partial charge in [-0.2, -0.15) is 13.2 Å². The average Bonchev–Trinajstić information content (AvgIpc) is 2.94. The van der Waals surface area contributed by atoms with Crippen LogP contribution in [0.4, 0.5) is 18.9 Å². The Hall–Kier alpha value is -2.33. The number of hydrogen-bond acceptors (Lipinski definition) is 5. The Morgan fingerprint density at radius 2 is 1.90 bits per heavy atom. The molecule has 3 rings (SSSR count). The summed E-state index contributed by atoms with van der Waals surface area (Å²) >= 11 is 2.55. The molecule has 1 aromatic carbocycles. The number of thioether (sulfide) groups is 1. The molecule has 1 N–H and O–H groups in total. The number of thiophene rings is 1. The van der Waals surface area contributed by atoms with Crippen molar-refractivity contribution in [1.29, 1.82) is 0 Å². The summed E-state index contributed by atoms with van der Waals surface area (Å²) in [5, 5.41) is 3.60. The minimum atomic E-state index is -4.43. The van der Waals surface area contributed by atoms with E-state index in [9.17, 15) is 22.8 Å². The van der Waals surface area contributed by atoms with E-state index in [-0.39, 0.29) is 17.0 Å². The highest BCUT2D eigenvalue weighted by Crippen LogP contribution is 2.30. The Labute approximate surface area is 173 Å². The van der Waals surface area contributed by atoms with Crippen LogP contribution in [0.5, 0.6) is 0 Å². The number of carbonyl (C=O) groups excluding carboxylic acids is 1. The first-order valence-electron chi connectivity index (χ1n) is 8.72. The van der Waals surface area contributed by atoms with Crippen molar-refractivity contribution >= 4 is 44.9 Å². The van der Waals surface area contributed by atoms with Crippen LogP contribution >= 0.6 is 23.1 Å². The Kier molecular flexibility index (Phi) is 6.04. The normalized spacial score (nSPS) is 11.8. The lowest BCUT2D eigenvalue weighted by molar-refractivity contribution is -0.137. The van der Waals surface area contributed by atoms with E-state index in [4.69, 9.17) is 0 Å². The lowest BCUT2D eigenvalue weighted by Gasteiger charge is -2.11. The van der Waals surface area contributed by atoms with Gasteiger partial charge in [0.25, 0.3) is 5.56 Å². The molecule has 0 saturated heterocycles. The van der Waals surface area contributed by atoms with Crippen LogP contribution in [0.25, 0.3) is 10.2 Å². The Morgan fingerprint density at radius 3 is 2.48 bits per heavy atom. The number of anilines is 1. The molecule has 0 saturated carbocycles. The highest BCUT2D eigenvalue weighted by atomic mass is 32.2. The number of fused-ring (bicyclic) bond motifs is 1. The van der Waals surface area contributed by atoms with E-state index in [2.05, 4.69) is 10.3 Å². The summed E-state index contributed by atoms with van der Waals surface area (Å²) in [6.45, 7) is 6.07. The maximum absolute atomic E-state index is 12.8. The minimum absolute atomic E-state index is 0.0255. The topological polar surface area (TPSA) is 64.0 Å². The second-order valence-corrected chi connectivity index (χ2v) is 8.46. The first kappa shape index (κ1) is 21.4. The van der Waals surface area contributed by atoms with Crippen molar-refractivity contribution in [2.45, 2.75) is 38.6 Å². The van der Waals surface area contributed by atoms with Gasteiger partial charge < -0.3 is 5.32 Å². The van der Waals surface area contributed by atoms with E-state index in [1.807, 2.05) is 20.8 Å². The van der Waals surface area contributed by atoms with Gasteiger partial charge in [0.1, 0.15) is 4.83 Å². The van der Waals surface area contributed by atoms with Gasteiger partial charge in [-0.05, 0) is 50.6 Å². The van der Waals surface area contributed by atoms with Crippen molar-refractivity contribution in [2.24, 2.45) is 0 Å². The third-order valence-electron chi connectivity index (χ3n) is 4.40. The first-order chi connectivity index (χ1) is 13.6. The van der Waals surface area contributed by atoms with E-state index in [0.717, 1.165) is 34.3 Å². The largest absolute Gasteiger partial charge is 0.416 e. The van der Waals surface area contributed by atoms with Crippen molar-refractivity contribution in [3.8, 4) is 0 Å². The van der Waals surface area contributed by atoms with Crippen molar-refractivity contribution in [3.63, 3.8) is 0 Å². The molecular formula is C19H18F3N3O2S2. The molecule has 0 bridgehead atoms. The van der Waals surface area contributed by atoms with Gasteiger partial charge in [0.15, 0.2) is 5.16 Å². The van der Waals surface area contributed by atoms with E-state index < -0.39 is 17.6 Å². The monoisotopic (exact) mass is 441 g/mol. The van der Waals surface area contributed by atoms with Crippen LogP contribution < -0.4 is 10.9 Å². The van der Waals surface area contributed by atoms with E-state index >= 15 is 0 Å². The molecule has 0 spiro atoms. The lowest BCUT2D eigenvalue weighted by atomic mass is 10.2. The number of nitrogens with one attached hydrogen (secondary N) is 1. The second kappa shape index (κ2) is 8.19. The van der Waals surface area contributed by atoms with Crippen LogP contribution in [0, 0.1) is 13.8 Å². The van der Waals surface area contributed by atoms with Gasteiger partial charge in [-0.15, -0.1) is 11.3 Å². The number of aromatic nitrogens is 2. The zero-order chi connectivity index (χ0) is 21.3. The predicted octanol–water partition coefficient (Wildman–Crippen LogP) is 4.84. The van der Waals surface area contributed by atoms with Gasteiger partial charge in [0, 0.05) is 17.1 Å². The van der Waals surface area contributed by atoms with Gasteiger partial charge in [-0.3, -0.25) is 14.2 Å². The Bertz CT molecular complexity index is 1120. The molecule has 0 atom stereocenters. The lowest BCUT2D eigenvalue weighted by Crippen LogP contribution is -2.23. The molecule has 2 heterocycles. The molecule has 3 aromatic rings. The summed E-state index contributed by atoms with van der Waals surface area (Å²) in [5.41, 5.74) is 0.270. The molecule has 0 radical (unpaired) electrons. The number of amides is 1. The zero-order valence-electron chi connectivity index (χ0n) is 15.9. The fourth-order valence-corrected chi connectivity index (χ4v) is 4.70. The van der Waals surface area contributed by atoms with Crippen molar-refractivity contribution in [1.82, 2.24) is 9.55 Å². The third kappa shape index (κ3) is 4.48. The zero-order valence-corrected chi connectivity index (χ0v) is 17.5. The van der Waals surface area contributed by atoms with E-state index in [0.29, 0.717) is 21.9 Å². The van der Waals surface area contributed by atoms with Crippen molar-refractivity contribution < 1.29 is 18.0 Å². The van der Waals surface area contributed by atoms with Gasteiger partial charge in [-0.25, -0.2) is 4.98 Å². The molecule has 0 aliphatic rings. The van der Waals surface area contributed by atoms with Gasteiger partial charge in [0.2, 0.25) is 5.91 Å². The van der Waals surface area contributed by atoms with E-state index in [1.54, 1.807) is 0 Å². The number of carbonyl (C=O) groups is 1. The van der Waals surface area contributed by atoms with Crippen LogP contribution in [0.15, 0.2) is 34.2 Å². The van der Waals surface area contributed by atoms with Gasteiger partial charge in [-0.1, -0.05) is 11.8 Å². The van der Waals surface area contributed by atoms with Crippen LogP contribution in [0.2, 0.25) is 0 Å². The summed E-state index contributed by atoms with van der Waals surface area (Å²) in [5.74, 6) is -0.423. The molecule has 29 heavy (non-hydrogen) atoms. The van der Waals surface area contributed by atoms with E-state index in [1.165, 1.54) is 28.0 Å². The summed E-state index contributed by atoms with van der Waals surface area (Å²) in [7, 11) is 0. The van der Waals surface area contributed by atoms with Crippen molar-refractivity contribution in [3.05, 3.63) is 50.6 Å². The van der Waals surface area contributed by atoms with Crippen LogP contribution in [-0.4, -0.2) is 21.2 Å². The van der Waals surface area contributed by atoms with Crippen LogP contribution in [0.1, 0.15) is 22.9 Å². The number of rotatable bonds is 5. The van der Waals surface area contributed by atoms with Crippen molar-refractivity contribution in [2.75, 3.05) is 11.1 Å². The number of hydrogen-bond donors (Lipinski definition) is 1. The Balaban J connectivity index is 1.75. The number of alkyl halides is 3. The highest BCUT2D eigenvalue weighted by Gasteiger charge is 2.30. The summed E-state index contributed by atoms with van der Waals surface area (Å²) in [6.07, 6.45) is -4.43. The predicted molar refractivity (Wildman–Crippen MR) is 110 cm³/mol. The fraction of sp³-hybridized carbons (Fsp3) is 0.316. The number of nitrogens with zero attached hydrogens (tertiary/aromatic N) is 2. The molecule has 2 aromatic heterocycles. The Morgan fingerprint density at radius 1 is 1.24 bits per heavy atom. The number of benzene rings is 1. The first-order valence-corrected chi connectivity index (χ1v) is 10.5. The molecule has 0 aliphatic carbocycles. The molecule has 10 heteroatoms. The standard InChI is InChI=1S/C19H18F3N3O2S2/c1-4-25-17(27)15-10(2)11(3)29-16(15)24-18(25)28-9-14(26)23-13-7-5-12(6-8-13)19(20,21)22/h5-8H,4,9H2,1-3H3,(H,23,26). The van der Waals surface area contributed by atoms with Crippen LogP contribution in [0.3, 0.4) is 0 Å². The highest BCUT2D eigenvalue weighted by molar-refractivity contribution is 7.99. The second-order valence-electron chi connectivity index (χ2n) is 6.32. The van der Waals surface area contributed by atoms with Gasteiger partial charge >= 0.3 is 6.18 Å². The molecular weight excluding hydrogens is 423 g/mol. The average molecular weight is 442 g/mol. The quantitative estimate of drug-likeness (QED) is 0.454. The molecule has 0 fully saturated rings. The maximum atomic E-state index is 12.8. The number of halogens is 3.